The average Bonchev–Trinajstić information content (AvgIpc) is 2.67. The highest BCUT2D eigenvalue weighted by Crippen LogP contribution is 2.30. The highest BCUT2D eigenvalue weighted by molar-refractivity contribution is 5.77. The van der Waals surface area contributed by atoms with Gasteiger partial charge in [0.15, 0.2) is 0 Å². The van der Waals surface area contributed by atoms with Crippen molar-refractivity contribution >= 4 is 12.1 Å². The second-order valence-corrected chi connectivity index (χ2v) is 2.42. The normalized spacial score (nSPS) is 27.4. The van der Waals surface area contributed by atoms with Crippen molar-refractivity contribution in [3.63, 3.8) is 0 Å². The lowest BCUT2D eigenvalue weighted by atomic mass is 10.4. The standard InChI is InChI=1S/C6H9NO4/c1-11-6(10)7-4-2-3(4)5(8)9/h3-4H,2H2,1H3,(H,7,10)(H,8,9)/t3-,4-/m0/s1. The van der Waals surface area contributed by atoms with E-state index in [1.165, 1.54) is 7.11 Å². The Kier molecular flexibility index (Phi) is 1.98. The second-order valence-electron chi connectivity index (χ2n) is 2.42. The fourth-order valence-corrected chi connectivity index (χ4v) is 0.838. The van der Waals surface area contributed by atoms with E-state index in [4.69, 9.17) is 5.11 Å². The number of carboxylic acids is 1. The van der Waals surface area contributed by atoms with Crippen LogP contribution in [0.25, 0.3) is 0 Å². The maximum Gasteiger partial charge on any atom is 0.407 e. The van der Waals surface area contributed by atoms with Crippen LogP contribution in [0.4, 0.5) is 4.79 Å². The second kappa shape index (κ2) is 2.77. The summed E-state index contributed by atoms with van der Waals surface area (Å²) in [5.74, 6) is -1.29. The fourth-order valence-electron chi connectivity index (χ4n) is 0.838. The van der Waals surface area contributed by atoms with Gasteiger partial charge in [-0.3, -0.25) is 4.79 Å². The number of hydrogen-bond donors (Lipinski definition) is 2. The lowest BCUT2D eigenvalue weighted by molar-refractivity contribution is -0.138. The van der Waals surface area contributed by atoms with Gasteiger partial charge in [0.25, 0.3) is 0 Å². The lowest BCUT2D eigenvalue weighted by Gasteiger charge is -1.99. The third-order valence-electron chi connectivity index (χ3n) is 1.60. The zero-order valence-corrected chi connectivity index (χ0v) is 6.03. The molecule has 1 saturated carbocycles. The smallest absolute Gasteiger partial charge is 0.407 e. The summed E-state index contributed by atoms with van der Waals surface area (Å²) in [7, 11) is 1.24. The SMILES string of the molecule is COC(=O)N[C@H]1C[C@@H]1C(=O)O. The van der Waals surface area contributed by atoms with Crippen LogP contribution in [0.2, 0.25) is 0 Å². The van der Waals surface area contributed by atoms with Gasteiger partial charge in [-0.2, -0.15) is 0 Å². The Balaban J connectivity index is 2.23. The van der Waals surface area contributed by atoms with Crippen LogP contribution in [0.5, 0.6) is 0 Å². The Morgan fingerprint density at radius 2 is 2.27 bits per heavy atom. The molecule has 0 heterocycles. The van der Waals surface area contributed by atoms with Gasteiger partial charge in [-0.25, -0.2) is 4.79 Å². The highest BCUT2D eigenvalue weighted by atomic mass is 16.5. The third kappa shape index (κ3) is 1.83. The first-order chi connectivity index (χ1) is 5.15. The van der Waals surface area contributed by atoms with Gasteiger partial charge in [-0.15, -0.1) is 0 Å². The van der Waals surface area contributed by atoms with Gasteiger partial charge in [0.1, 0.15) is 0 Å². The number of amides is 1. The Morgan fingerprint density at radius 1 is 1.64 bits per heavy atom. The molecule has 62 valence electrons. The maximum absolute atomic E-state index is 10.5. The van der Waals surface area contributed by atoms with Gasteiger partial charge in [0.2, 0.25) is 0 Å². The summed E-state index contributed by atoms with van der Waals surface area (Å²) < 4.78 is 4.29. The van der Waals surface area contributed by atoms with Crippen molar-refractivity contribution in [1.82, 2.24) is 5.32 Å². The first kappa shape index (κ1) is 7.84. The Bertz CT molecular complexity index is 191. The molecule has 0 saturated heterocycles. The molecule has 1 amide bonds. The van der Waals surface area contributed by atoms with Crippen LogP contribution in [0.1, 0.15) is 6.42 Å². The molecule has 1 aliphatic carbocycles. The van der Waals surface area contributed by atoms with Gasteiger partial charge >= 0.3 is 12.1 Å². The molecule has 0 spiro atoms. The zero-order chi connectivity index (χ0) is 8.43. The maximum atomic E-state index is 10.5. The topological polar surface area (TPSA) is 75.6 Å². The molecule has 0 aromatic heterocycles. The number of alkyl carbamates (subject to hydrolysis) is 1. The summed E-state index contributed by atoms with van der Waals surface area (Å²) in [5, 5.41) is 10.8. The van der Waals surface area contributed by atoms with Crippen LogP contribution >= 0.6 is 0 Å². The Labute approximate surface area is 63.3 Å². The van der Waals surface area contributed by atoms with E-state index in [2.05, 4.69) is 10.1 Å². The molecule has 0 aromatic rings. The largest absolute Gasteiger partial charge is 0.481 e. The van der Waals surface area contributed by atoms with E-state index in [9.17, 15) is 9.59 Å². The molecule has 1 fully saturated rings. The molecule has 0 aliphatic heterocycles. The van der Waals surface area contributed by atoms with Crippen molar-refractivity contribution in [1.29, 1.82) is 0 Å². The average molecular weight is 159 g/mol. The number of aliphatic carboxylic acids is 1. The van der Waals surface area contributed by atoms with Crippen LogP contribution < -0.4 is 5.32 Å². The molecule has 1 rings (SSSR count). The molecular formula is C6H9NO4. The van der Waals surface area contributed by atoms with Gasteiger partial charge in [0.05, 0.1) is 13.0 Å². The van der Waals surface area contributed by atoms with Gasteiger partial charge in [0, 0.05) is 6.04 Å². The summed E-state index contributed by atoms with van der Waals surface area (Å²) in [6, 6.07) is -0.236. The van der Waals surface area contributed by atoms with E-state index in [0.717, 1.165) is 0 Å². The van der Waals surface area contributed by atoms with E-state index in [1.54, 1.807) is 0 Å². The van der Waals surface area contributed by atoms with Crippen LogP contribution in [-0.2, 0) is 9.53 Å². The number of hydrogen-bond acceptors (Lipinski definition) is 3. The molecule has 5 nitrogen and oxygen atoms in total. The van der Waals surface area contributed by atoms with E-state index < -0.39 is 18.0 Å². The molecule has 0 aromatic carbocycles. The quantitative estimate of drug-likeness (QED) is 0.585. The van der Waals surface area contributed by atoms with Crippen LogP contribution in [0.15, 0.2) is 0 Å². The minimum Gasteiger partial charge on any atom is -0.481 e. The van der Waals surface area contributed by atoms with Crippen molar-refractivity contribution in [3.05, 3.63) is 0 Å². The van der Waals surface area contributed by atoms with Crippen LogP contribution in [0, 0.1) is 5.92 Å². The first-order valence-electron chi connectivity index (χ1n) is 3.22. The summed E-state index contributed by atoms with van der Waals surface area (Å²) in [6.45, 7) is 0. The highest BCUT2D eigenvalue weighted by Gasteiger charge is 2.44. The van der Waals surface area contributed by atoms with Crippen molar-refractivity contribution in [3.8, 4) is 0 Å². The third-order valence-corrected chi connectivity index (χ3v) is 1.60. The zero-order valence-electron chi connectivity index (χ0n) is 6.03. The minimum atomic E-state index is -0.869. The number of methoxy groups -OCH3 is 1. The number of carbonyl (C=O) groups excluding carboxylic acids is 1. The van der Waals surface area contributed by atoms with E-state index in [-0.39, 0.29) is 6.04 Å². The predicted octanol–water partition coefficient (Wildman–Crippen LogP) is -0.185. The van der Waals surface area contributed by atoms with Crippen LogP contribution in [0.3, 0.4) is 0 Å². The van der Waals surface area contributed by atoms with Gasteiger partial charge in [-0.1, -0.05) is 0 Å². The Morgan fingerprint density at radius 3 is 2.64 bits per heavy atom. The first-order valence-corrected chi connectivity index (χ1v) is 3.22. The fraction of sp³-hybridized carbons (Fsp3) is 0.667. The van der Waals surface area contributed by atoms with Crippen molar-refractivity contribution in [2.24, 2.45) is 5.92 Å². The molecule has 1 aliphatic rings. The number of carbonyl (C=O) groups is 2. The molecular weight excluding hydrogens is 150 g/mol. The number of rotatable bonds is 2. The number of carboxylic acid groups (broad SMARTS) is 1. The molecule has 0 radical (unpaired) electrons. The van der Waals surface area contributed by atoms with Crippen molar-refractivity contribution in [2.75, 3.05) is 7.11 Å². The van der Waals surface area contributed by atoms with Crippen molar-refractivity contribution < 1.29 is 19.4 Å². The van der Waals surface area contributed by atoms with Gasteiger partial charge in [-0.05, 0) is 6.42 Å². The molecule has 2 atom stereocenters. The van der Waals surface area contributed by atoms with Crippen molar-refractivity contribution in [2.45, 2.75) is 12.5 Å². The molecule has 2 N–H and O–H groups in total. The van der Waals surface area contributed by atoms with Crippen LogP contribution in [-0.4, -0.2) is 30.3 Å². The monoisotopic (exact) mass is 159 g/mol. The lowest BCUT2D eigenvalue weighted by Crippen LogP contribution is -2.27. The van der Waals surface area contributed by atoms with E-state index in [1.807, 2.05) is 0 Å². The summed E-state index contributed by atoms with van der Waals surface area (Å²) in [6.07, 6.45) is -0.0662. The molecule has 0 unspecified atom stereocenters. The predicted molar refractivity (Wildman–Crippen MR) is 35.1 cm³/mol. The summed E-state index contributed by atoms with van der Waals surface area (Å²) >= 11 is 0. The van der Waals surface area contributed by atoms with E-state index >= 15 is 0 Å². The van der Waals surface area contributed by atoms with Gasteiger partial charge < -0.3 is 15.2 Å². The molecule has 11 heavy (non-hydrogen) atoms. The Hall–Kier alpha value is -1.26. The number of ether oxygens (including phenoxy) is 1. The van der Waals surface area contributed by atoms with E-state index in [0.29, 0.717) is 6.42 Å². The minimum absolute atomic E-state index is 0.236. The number of nitrogens with one attached hydrogen (secondary N) is 1. The molecule has 0 bridgehead atoms. The summed E-state index contributed by atoms with van der Waals surface area (Å²) in [4.78, 5) is 20.8. The summed E-state index contributed by atoms with van der Waals surface area (Å²) in [5.41, 5.74) is 0. The molecule has 5 heteroatoms.